The molecule has 1 fully saturated rings. The number of nitrogen functional groups attached to an aromatic ring is 1. The Balaban J connectivity index is 2.44. The Morgan fingerprint density at radius 1 is 1.30 bits per heavy atom. The van der Waals surface area contributed by atoms with E-state index in [1.54, 1.807) is 0 Å². The highest BCUT2D eigenvalue weighted by Crippen LogP contribution is 2.39. The van der Waals surface area contributed by atoms with Gasteiger partial charge in [-0.05, 0) is 11.5 Å². The number of thioether (sulfide) groups is 1. The quantitative estimate of drug-likeness (QED) is 0.896. The lowest BCUT2D eigenvalue weighted by Gasteiger charge is -2.35. The molecule has 2 unspecified atom stereocenters. The minimum Gasteiger partial charge on any atom is -0.382 e. The molecule has 9 heteroatoms. The highest BCUT2D eigenvalue weighted by atomic mass is 32.2. The number of rotatable bonds is 3. The van der Waals surface area contributed by atoms with Gasteiger partial charge in [-0.3, -0.25) is 0 Å². The lowest BCUT2D eigenvalue weighted by Crippen LogP contribution is -2.41. The lowest BCUT2D eigenvalue weighted by molar-refractivity contribution is 0.521. The number of sulfonamides is 1. The molecule has 1 aromatic rings. The van der Waals surface area contributed by atoms with Gasteiger partial charge in [0.2, 0.25) is 10.0 Å². The fourth-order valence-corrected chi connectivity index (χ4v) is 5.82. The predicted molar refractivity (Wildman–Crippen MR) is 86.1 cm³/mol. The van der Waals surface area contributed by atoms with E-state index < -0.39 is 10.0 Å². The molecule has 1 aliphatic rings. The Bertz CT molecular complexity index is 574. The molecule has 2 atom stereocenters. The Labute approximate surface area is 128 Å². The summed E-state index contributed by atoms with van der Waals surface area (Å²) >= 11 is 3.08. The molecular weight excluding hydrogens is 316 g/mol. The van der Waals surface area contributed by atoms with E-state index in [1.807, 2.05) is 11.8 Å². The average molecular weight is 337 g/mol. The maximum atomic E-state index is 12.4. The summed E-state index contributed by atoms with van der Waals surface area (Å²) in [6.45, 7) is 5.93. The molecule has 2 heterocycles. The molecule has 1 aliphatic heterocycles. The van der Waals surface area contributed by atoms with Crippen LogP contribution in [-0.2, 0) is 10.0 Å². The van der Waals surface area contributed by atoms with Crippen LogP contribution in [0.15, 0.2) is 4.90 Å². The second-order valence-corrected chi connectivity index (χ2v) is 9.87. The standard InChI is InChI=1S/C11H20N4O2S3/c1-7-5-15(6-8(2)18-7)11-9(10(12)13-19-11)20(16,17)14(3)4/h7-8H,5-6H2,1-4H3,(H2,12,13). The topological polar surface area (TPSA) is 79.5 Å². The first-order valence-corrected chi connectivity index (χ1v) is 9.47. The van der Waals surface area contributed by atoms with Gasteiger partial charge in [0.05, 0.1) is 0 Å². The summed E-state index contributed by atoms with van der Waals surface area (Å²) in [5.41, 5.74) is 5.80. The van der Waals surface area contributed by atoms with Crippen LogP contribution < -0.4 is 10.6 Å². The van der Waals surface area contributed by atoms with Crippen molar-refractivity contribution < 1.29 is 8.42 Å². The van der Waals surface area contributed by atoms with Gasteiger partial charge in [-0.25, -0.2) is 12.7 Å². The van der Waals surface area contributed by atoms with Crippen LogP contribution >= 0.6 is 23.3 Å². The first kappa shape index (κ1) is 15.9. The van der Waals surface area contributed by atoms with Gasteiger partial charge in [0.1, 0.15) is 5.00 Å². The third kappa shape index (κ3) is 2.90. The first-order valence-electron chi connectivity index (χ1n) is 6.31. The van der Waals surface area contributed by atoms with E-state index in [1.165, 1.54) is 29.9 Å². The molecule has 114 valence electrons. The monoisotopic (exact) mass is 336 g/mol. The number of anilines is 2. The van der Waals surface area contributed by atoms with Crippen molar-refractivity contribution in [3.05, 3.63) is 0 Å². The summed E-state index contributed by atoms with van der Waals surface area (Å²) in [4.78, 5) is 2.25. The molecule has 0 spiro atoms. The number of nitrogens with two attached hydrogens (primary N) is 1. The zero-order valence-electron chi connectivity index (χ0n) is 12.0. The molecule has 1 saturated heterocycles. The van der Waals surface area contributed by atoms with Gasteiger partial charge < -0.3 is 10.6 Å². The molecule has 0 bridgehead atoms. The third-order valence-corrected chi connectivity index (χ3v) is 7.26. The van der Waals surface area contributed by atoms with Crippen LogP contribution in [0.1, 0.15) is 13.8 Å². The normalized spacial score (nSPS) is 24.4. The zero-order chi connectivity index (χ0) is 15.1. The van der Waals surface area contributed by atoms with Gasteiger partial charge in [0.25, 0.3) is 0 Å². The molecule has 0 amide bonds. The minimum absolute atomic E-state index is 0.0947. The summed E-state index contributed by atoms with van der Waals surface area (Å²) in [5.74, 6) is 0.0947. The van der Waals surface area contributed by atoms with Gasteiger partial charge >= 0.3 is 0 Å². The maximum Gasteiger partial charge on any atom is 0.249 e. The van der Waals surface area contributed by atoms with Gasteiger partial charge in [0.15, 0.2) is 10.7 Å². The van der Waals surface area contributed by atoms with Gasteiger partial charge in [-0.15, -0.1) is 0 Å². The second kappa shape index (κ2) is 5.70. The molecule has 6 nitrogen and oxygen atoms in total. The fraction of sp³-hybridized carbons (Fsp3) is 0.727. The predicted octanol–water partition coefficient (Wildman–Crippen LogP) is 1.31. The second-order valence-electron chi connectivity index (χ2n) is 5.15. The highest BCUT2D eigenvalue weighted by Gasteiger charge is 2.33. The van der Waals surface area contributed by atoms with Crippen molar-refractivity contribution >= 4 is 44.1 Å². The van der Waals surface area contributed by atoms with Crippen molar-refractivity contribution in [2.45, 2.75) is 29.2 Å². The maximum absolute atomic E-state index is 12.4. The molecular formula is C11H20N4O2S3. The minimum atomic E-state index is -3.57. The van der Waals surface area contributed by atoms with Gasteiger partial charge in [-0.2, -0.15) is 16.1 Å². The van der Waals surface area contributed by atoms with E-state index >= 15 is 0 Å². The van der Waals surface area contributed by atoms with Crippen molar-refractivity contribution in [2.24, 2.45) is 0 Å². The smallest absolute Gasteiger partial charge is 0.249 e. The van der Waals surface area contributed by atoms with Crippen molar-refractivity contribution in [3.8, 4) is 0 Å². The van der Waals surface area contributed by atoms with Gasteiger partial charge in [0, 0.05) is 37.7 Å². The molecule has 0 aromatic carbocycles. The third-order valence-electron chi connectivity index (χ3n) is 3.10. The van der Waals surface area contributed by atoms with Crippen LogP contribution in [0.3, 0.4) is 0 Å². The van der Waals surface area contributed by atoms with Crippen molar-refractivity contribution in [1.82, 2.24) is 8.68 Å². The van der Waals surface area contributed by atoms with E-state index in [2.05, 4.69) is 23.1 Å². The van der Waals surface area contributed by atoms with Crippen molar-refractivity contribution in [2.75, 3.05) is 37.8 Å². The van der Waals surface area contributed by atoms with Crippen molar-refractivity contribution in [1.29, 1.82) is 0 Å². The number of hydrogen-bond acceptors (Lipinski definition) is 7. The Hall–Kier alpha value is -0.510. The Morgan fingerprint density at radius 3 is 2.35 bits per heavy atom. The van der Waals surface area contributed by atoms with Gasteiger partial charge in [-0.1, -0.05) is 13.8 Å². The molecule has 20 heavy (non-hydrogen) atoms. The summed E-state index contributed by atoms with van der Waals surface area (Å²) in [5, 5.41) is 1.57. The van der Waals surface area contributed by atoms with Crippen LogP contribution in [0.2, 0.25) is 0 Å². The lowest BCUT2D eigenvalue weighted by atomic mass is 10.3. The van der Waals surface area contributed by atoms with Crippen LogP contribution in [0, 0.1) is 0 Å². The summed E-state index contributed by atoms with van der Waals surface area (Å²) in [7, 11) is -0.556. The van der Waals surface area contributed by atoms with E-state index in [4.69, 9.17) is 5.73 Å². The van der Waals surface area contributed by atoms with E-state index in [0.717, 1.165) is 13.1 Å². The van der Waals surface area contributed by atoms with E-state index in [0.29, 0.717) is 15.5 Å². The molecule has 1 aromatic heterocycles. The largest absolute Gasteiger partial charge is 0.382 e. The number of nitrogens with zero attached hydrogens (tertiary/aromatic N) is 3. The number of hydrogen-bond donors (Lipinski definition) is 1. The Kier molecular flexibility index (Phi) is 4.53. The molecule has 0 saturated carbocycles. The first-order chi connectivity index (χ1) is 9.23. The summed E-state index contributed by atoms with van der Waals surface area (Å²) in [6, 6.07) is 0. The average Bonchev–Trinajstić information content (AvgIpc) is 2.70. The van der Waals surface area contributed by atoms with Crippen molar-refractivity contribution in [3.63, 3.8) is 0 Å². The van der Waals surface area contributed by atoms with E-state index in [9.17, 15) is 8.42 Å². The Morgan fingerprint density at radius 2 is 1.85 bits per heavy atom. The summed E-state index contributed by atoms with van der Waals surface area (Å²) in [6.07, 6.45) is 0. The van der Waals surface area contributed by atoms with Crippen LogP contribution in [0.4, 0.5) is 10.8 Å². The number of aromatic nitrogens is 1. The SMILES string of the molecule is CC1CN(c2snc(N)c2S(=O)(=O)N(C)C)CC(C)S1. The van der Waals surface area contributed by atoms with Crippen LogP contribution in [0.5, 0.6) is 0 Å². The molecule has 0 aliphatic carbocycles. The molecule has 0 radical (unpaired) electrons. The summed E-state index contributed by atoms with van der Waals surface area (Å²) < 4.78 is 30.1. The van der Waals surface area contributed by atoms with Crippen LogP contribution in [0.25, 0.3) is 0 Å². The zero-order valence-corrected chi connectivity index (χ0v) is 14.5. The molecule has 2 rings (SSSR count). The molecule has 2 N–H and O–H groups in total. The van der Waals surface area contributed by atoms with E-state index in [-0.39, 0.29) is 10.7 Å². The van der Waals surface area contributed by atoms with Crippen LogP contribution in [-0.4, -0.2) is 54.8 Å². The fourth-order valence-electron chi connectivity index (χ4n) is 2.25. The highest BCUT2D eigenvalue weighted by molar-refractivity contribution is 8.00.